The van der Waals surface area contributed by atoms with Crippen molar-refractivity contribution in [3.63, 3.8) is 0 Å². The molecule has 2 rings (SSSR count). The molecule has 1 unspecified atom stereocenters. The Kier molecular flexibility index (Phi) is 4.65. The predicted molar refractivity (Wildman–Crippen MR) is 76.4 cm³/mol. The van der Waals surface area contributed by atoms with Crippen LogP contribution in [0.5, 0.6) is 0 Å². The molecule has 1 N–H and O–H groups in total. The fourth-order valence-electron chi connectivity index (χ4n) is 2.85. The van der Waals surface area contributed by atoms with Crippen LogP contribution in [-0.2, 0) is 19.1 Å². The number of carbonyl (C=O) groups is 3. The fourth-order valence-corrected chi connectivity index (χ4v) is 2.85. The van der Waals surface area contributed by atoms with Crippen LogP contribution in [0.3, 0.4) is 0 Å². The summed E-state index contributed by atoms with van der Waals surface area (Å²) in [6, 6.07) is 0. The summed E-state index contributed by atoms with van der Waals surface area (Å²) in [6.45, 7) is 2.94. The minimum atomic E-state index is -5.18. The van der Waals surface area contributed by atoms with E-state index in [4.69, 9.17) is 0 Å². The van der Waals surface area contributed by atoms with Crippen LogP contribution in [0.15, 0.2) is 11.3 Å². The van der Waals surface area contributed by atoms with Crippen LogP contribution in [0.25, 0.3) is 0 Å². The number of nitrogens with one attached hydrogen (secondary N) is 1. The zero-order chi connectivity index (χ0) is 18.3. The lowest BCUT2D eigenvalue weighted by Gasteiger charge is -2.33. The minimum Gasteiger partial charge on any atom is -0.466 e. The number of ether oxygens (including phenoxy) is 1. The van der Waals surface area contributed by atoms with Crippen molar-refractivity contribution in [2.24, 2.45) is 5.92 Å². The molecule has 1 aliphatic carbocycles. The lowest BCUT2D eigenvalue weighted by atomic mass is 9.89. The van der Waals surface area contributed by atoms with Gasteiger partial charge in [-0.05, 0) is 26.2 Å². The standard InChI is InChI=1S/C15H19F3N2O4/c1-4-7-20-8(2)10(12(22)24-3)14(13(20)23,15(16,17)18)19-11(21)9-5-6-9/h9H,4-7H2,1-3H3,(H,19,21). The molecule has 2 aliphatic rings. The zero-order valence-corrected chi connectivity index (χ0v) is 13.6. The Hall–Kier alpha value is -2.06. The maximum absolute atomic E-state index is 13.9. The monoisotopic (exact) mass is 348 g/mol. The molecule has 0 aromatic heterocycles. The van der Waals surface area contributed by atoms with E-state index >= 15 is 0 Å². The second-order valence-electron chi connectivity index (χ2n) is 5.92. The second kappa shape index (κ2) is 6.10. The van der Waals surface area contributed by atoms with Gasteiger partial charge in [-0.2, -0.15) is 13.2 Å². The highest BCUT2D eigenvalue weighted by Gasteiger charge is 2.71. The van der Waals surface area contributed by atoms with Crippen molar-refractivity contribution in [2.45, 2.75) is 44.8 Å². The Morgan fingerprint density at radius 1 is 1.38 bits per heavy atom. The number of amides is 2. The van der Waals surface area contributed by atoms with E-state index in [0.717, 1.165) is 12.0 Å². The smallest absolute Gasteiger partial charge is 0.425 e. The summed E-state index contributed by atoms with van der Waals surface area (Å²) in [5.41, 5.74) is -4.41. The van der Waals surface area contributed by atoms with Crippen molar-refractivity contribution < 1.29 is 32.3 Å². The molecule has 24 heavy (non-hydrogen) atoms. The summed E-state index contributed by atoms with van der Waals surface area (Å²) >= 11 is 0. The van der Waals surface area contributed by atoms with E-state index in [1.165, 1.54) is 6.92 Å². The van der Waals surface area contributed by atoms with Gasteiger partial charge in [0.1, 0.15) is 5.57 Å². The summed E-state index contributed by atoms with van der Waals surface area (Å²) in [5, 5.41) is 1.81. The van der Waals surface area contributed by atoms with Gasteiger partial charge in [-0.3, -0.25) is 9.59 Å². The third kappa shape index (κ3) is 2.65. The normalized spacial score (nSPS) is 24.4. The molecule has 0 aromatic carbocycles. The first-order valence-electron chi connectivity index (χ1n) is 7.62. The number of hydrogen-bond donors (Lipinski definition) is 1. The molecule has 1 saturated carbocycles. The molecule has 1 heterocycles. The van der Waals surface area contributed by atoms with Crippen LogP contribution in [0.4, 0.5) is 13.2 Å². The number of halogens is 3. The Labute approximate surface area is 137 Å². The van der Waals surface area contributed by atoms with E-state index < -0.39 is 41.0 Å². The number of nitrogens with zero attached hydrogens (tertiary/aromatic N) is 1. The lowest BCUT2D eigenvalue weighted by molar-refractivity contribution is -0.196. The molecule has 2 amide bonds. The molecule has 6 nitrogen and oxygen atoms in total. The van der Waals surface area contributed by atoms with Crippen LogP contribution in [0, 0.1) is 5.92 Å². The maximum atomic E-state index is 13.9. The molecule has 0 spiro atoms. The number of esters is 1. The number of allylic oxidation sites excluding steroid dienone is 1. The van der Waals surface area contributed by atoms with Gasteiger partial charge < -0.3 is 15.0 Å². The summed E-state index contributed by atoms with van der Waals surface area (Å²) in [4.78, 5) is 37.6. The van der Waals surface area contributed by atoms with Gasteiger partial charge in [0, 0.05) is 18.2 Å². The van der Waals surface area contributed by atoms with Crippen LogP contribution in [-0.4, -0.2) is 48.1 Å². The second-order valence-corrected chi connectivity index (χ2v) is 5.92. The van der Waals surface area contributed by atoms with Gasteiger partial charge in [-0.15, -0.1) is 0 Å². The largest absolute Gasteiger partial charge is 0.466 e. The van der Waals surface area contributed by atoms with Crippen molar-refractivity contribution in [3.05, 3.63) is 11.3 Å². The predicted octanol–water partition coefficient (Wildman–Crippen LogP) is 1.51. The maximum Gasteiger partial charge on any atom is 0.425 e. The quantitative estimate of drug-likeness (QED) is 0.764. The van der Waals surface area contributed by atoms with Gasteiger partial charge >= 0.3 is 12.1 Å². The highest BCUT2D eigenvalue weighted by atomic mass is 19.4. The summed E-state index contributed by atoms with van der Waals surface area (Å²) in [7, 11) is 0.930. The highest BCUT2D eigenvalue weighted by molar-refractivity contribution is 6.10. The van der Waals surface area contributed by atoms with Gasteiger partial charge in [0.25, 0.3) is 5.91 Å². The topological polar surface area (TPSA) is 75.7 Å². The summed E-state index contributed by atoms with van der Waals surface area (Å²) in [5.74, 6) is -4.10. The highest BCUT2D eigenvalue weighted by Crippen LogP contribution is 2.46. The first kappa shape index (κ1) is 18.3. The molecule has 1 atom stereocenters. The van der Waals surface area contributed by atoms with Gasteiger partial charge in [-0.25, -0.2) is 4.79 Å². The molecule has 0 radical (unpaired) electrons. The van der Waals surface area contributed by atoms with Crippen LogP contribution in [0.1, 0.15) is 33.1 Å². The Morgan fingerprint density at radius 2 is 1.96 bits per heavy atom. The van der Waals surface area contributed by atoms with Crippen molar-refractivity contribution in [3.8, 4) is 0 Å². The van der Waals surface area contributed by atoms with E-state index in [9.17, 15) is 27.6 Å². The number of methoxy groups -OCH3 is 1. The molecule has 0 saturated heterocycles. The average molecular weight is 348 g/mol. The van der Waals surface area contributed by atoms with Crippen molar-refractivity contribution >= 4 is 17.8 Å². The molecule has 1 aliphatic heterocycles. The van der Waals surface area contributed by atoms with Gasteiger partial charge in [0.15, 0.2) is 0 Å². The van der Waals surface area contributed by atoms with Crippen molar-refractivity contribution in [2.75, 3.05) is 13.7 Å². The molecule has 9 heteroatoms. The minimum absolute atomic E-state index is 0.00227. The number of rotatable bonds is 5. The Morgan fingerprint density at radius 3 is 2.38 bits per heavy atom. The first-order chi connectivity index (χ1) is 11.1. The van der Waals surface area contributed by atoms with Crippen molar-refractivity contribution in [1.82, 2.24) is 10.2 Å². The molecular formula is C15H19F3N2O4. The summed E-state index contributed by atoms with van der Waals surface area (Å²) < 4.78 is 46.3. The molecule has 134 valence electrons. The summed E-state index contributed by atoms with van der Waals surface area (Å²) in [6.07, 6.45) is -3.87. The number of carbonyl (C=O) groups excluding carboxylic acids is 3. The van der Waals surface area contributed by atoms with Gasteiger partial charge in [0.05, 0.1) is 7.11 Å². The molecular weight excluding hydrogens is 329 g/mol. The number of hydrogen-bond acceptors (Lipinski definition) is 4. The van der Waals surface area contributed by atoms with E-state index in [0.29, 0.717) is 19.3 Å². The van der Waals surface area contributed by atoms with E-state index in [-0.39, 0.29) is 12.2 Å². The first-order valence-corrected chi connectivity index (χ1v) is 7.62. The number of alkyl halides is 3. The van der Waals surface area contributed by atoms with Gasteiger partial charge in [0.2, 0.25) is 11.4 Å². The molecule has 1 fully saturated rings. The SMILES string of the molecule is CCCN1C(=O)C(NC(=O)C2CC2)(C(F)(F)F)C(C(=O)OC)=C1C. The van der Waals surface area contributed by atoms with Crippen molar-refractivity contribution in [1.29, 1.82) is 0 Å². The van der Waals surface area contributed by atoms with E-state index in [2.05, 4.69) is 4.74 Å². The van der Waals surface area contributed by atoms with Gasteiger partial charge in [-0.1, -0.05) is 6.92 Å². The third-order valence-corrected chi connectivity index (χ3v) is 4.23. The molecule has 0 aromatic rings. The van der Waals surface area contributed by atoms with E-state index in [1.54, 1.807) is 6.92 Å². The fraction of sp³-hybridized carbons (Fsp3) is 0.667. The van der Waals surface area contributed by atoms with E-state index in [1.807, 2.05) is 5.32 Å². The van der Waals surface area contributed by atoms with Crippen LogP contribution in [0.2, 0.25) is 0 Å². The lowest BCUT2D eigenvalue weighted by Crippen LogP contribution is -2.66. The van der Waals surface area contributed by atoms with Crippen LogP contribution < -0.4 is 5.32 Å². The Balaban J connectivity index is 2.61. The van der Waals surface area contributed by atoms with Crippen LogP contribution >= 0.6 is 0 Å². The molecule has 0 bridgehead atoms. The zero-order valence-electron chi connectivity index (χ0n) is 13.6. The average Bonchev–Trinajstić information content (AvgIpc) is 3.31. The Bertz CT molecular complexity index is 610. The third-order valence-electron chi connectivity index (χ3n) is 4.23.